The van der Waals surface area contributed by atoms with E-state index in [2.05, 4.69) is 9.97 Å². The minimum atomic E-state index is -0.653. The van der Waals surface area contributed by atoms with Crippen molar-refractivity contribution in [3.05, 3.63) is 32.4 Å². The van der Waals surface area contributed by atoms with Crippen molar-refractivity contribution in [1.82, 2.24) is 9.97 Å². The summed E-state index contributed by atoms with van der Waals surface area (Å²) in [6.45, 7) is 5.95. The summed E-state index contributed by atoms with van der Waals surface area (Å²) >= 11 is 0.762. The quantitative estimate of drug-likeness (QED) is 0.280. The molecule has 2 N–H and O–H groups in total. The molecule has 0 fully saturated rings. The minimum Gasteiger partial charge on any atom is -0.511 e. The van der Waals surface area contributed by atoms with Crippen LogP contribution in [0.4, 0.5) is 0 Å². The van der Waals surface area contributed by atoms with Crippen LogP contribution in [0.5, 0.6) is 0 Å². The van der Waals surface area contributed by atoms with Crippen LogP contribution in [-0.2, 0) is 9.53 Å². The highest BCUT2D eigenvalue weighted by Gasteiger charge is 2.22. The van der Waals surface area contributed by atoms with Crippen LogP contribution in [0.15, 0.2) is 20.5 Å². The SMILES string of the molecule is CCOC(=O)c1c(S/C(C(C)=O)=C(\C)O)nc(=O)[nH]c1C. The van der Waals surface area contributed by atoms with Crippen molar-refractivity contribution in [3.63, 3.8) is 0 Å². The zero-order chi connectivity index (χ0) is 16.2. The van der Waals surface area contributed by atoms with Gasteiger partial charge >= 0.3 is 11.7 Å². The number of carbonyl (C=O) groups is 2. The molecule has 1 rings (SSSR count). The third-order valence-corrected chi connectivity index (χ3v) is 3.69. The molecule has 0 amide bonds. The number of aromatic amines is 1. The second-order valence-electron chi connectivity index (χ2n) is 4.14. The average molecular weight is 312 g/mol. The number of ether oxygens (including phenoxy) is 1. The molecule has 1 heterocycles. The number of hydrogen-bond donors (Lipinski definition) is 2. The van der Waals surface area contributed by atoms with Gasteiger partial charge in [0.25, 0.3) is 0 Å². The average Bonchev–Trinajstić information content (AvgIpc) is 2.34. The Morgan fingerprint density at radius 2 is 2.00 bits per heavy atom. The Hall–Kier alpha value is -2.09. The summed E-state index contributed by atoms with van der Waals surface area (Å²) in [5, 5.41) is 9.54. The van der Waals surface area contributed by atoms with E-state index in [1.54, 1.807) is 6.92 Å². The van der Waals surface area contributed by atoms with Crippen molar-refractivity contribution in [2.75, 3.05) is 6.61 Å². The Labute approximate surface area is 125 Å². The van der Waals surface area contributed by atoms with E-state index in [0.29, 0.717) is 0 Å². The zero-order valence-electron chi connectivity index (χ0n) is 12.1. The smallest absolute Gasteiger partial charge is 0.346 e. The number of Topliss-reactive ketones (excluding diaryl/α,β-unsaturated/α-hetero) is 1. The molecule has 0 unspecified atom stereocenters. The molecule has 0 aliphatic carbocycles. The normalized spacial score (nSPS) is 11.8. The van der Waals surface area contributed by atoms with Gasteiger partial charge < -0.3 is 14.8 Å². The Morgan fingerprint density at radius 3 is 2.48 bits per heavy atom. The number of aliphatic hydroxyl groups is 1. The highest BCUT2D eigenvalue weighted by molar-refractivity contribution is 8.04. The third kappa shape index (κ3) is 4.19. The van der Waals surface area contributed by atoms with E-state index in [4.69, 9.17) is 4.74 Å². The van der Waals surface area contributed by atoms with E-state index in [1.165, 1.54) is 20.8 Å². The molecule has 0 saturated heterocycles. The fraction of sp³-hybridized carbons (Fsp3) is 0.385. The van der Waals surface area contributed by atoms with Gasteiger partial charge in [-0.25, -0.2) is 9.59 Å². The number of esters is 1. The Balaban J connectivity index is 3.41. The van der Waals surface area contributed by atoms with Gasteiger partial charge in [-0.1, -0.05) is 11.8 Å². The summed E-state index contributed by atoms with van der Waals surface area (Å²) in [4.78, 5) is 41.0. The molecule has 0 atom stereocenters. The van der Waals surface area contributed by atoms with Crippen molar-refractivity contribution >= 4 is 23.5 Å². The first-order valence-corrected chi connectivity index (χ1v) is 6.96. The number of H-pyrrole nitrogens is 1. The van der Waals surface area contributed by atoms with Crippen LogP contribution in [0.25, 0.3) is 0 Å². The topological polar surface area (TPSA) is 109 Å². The van der Waals surface area contributed by atoms with Gasteiger partial charge in [0.05, 0.1) is 11.5 Å². The molecule has 0 aliphatic heterocycles. The lowest BCUT2D eigenvalue weighted by atomic mass is 10.2. The number of carbonyl (C=O) groups excluding carboxylic acids is 2. The number of allylic oxidation sites excluding steroid dienone is 2. The molecule has 7 nitrogen and oxygen atoms in total. The number of hydrogen-bond acceptors (Lipinski definition) is 7. The van der Waals surface area contributed by atoms with Crippen molar-refractivity contribution in [2.45, 2.75) is 32.7 Å². The van der Waals surface area contributed by atoms with Crippen LogP contribution in [0.2, 0.25) is 0 Å². The van der Waals surface area contributed by atoms with E-state index in [1.807, 2.05) is 0 Å². The summed E-state index contributed by atoms with van der Waals surface area (Å²) in [6.07, 6.45) is 0. The van der Waals surface area contributed by atoms with Gasteiger partial charge in [-0.15, -0.1) is 0 Å². The van der Waals surface area contributed by atoms with Gasteiger partial charge in [-0.3, -0.25) is 4.79 Å². The summed E-state index contributed by atoms with van der Waals surface area (Å²) in [6, 6.07) is 0. The van der Waals surface area contributed by atoms with Crippen molar-refractivity contribution in [1.29, 1.82) is 0 Å². The molecule has 1 aromatic heterocycles. The van der Waals surface area contributed by atoms with E-state index < -0.39 is 17.4 Å². The fourth-order valence-corrected chi connectivity index (χ4v) is 2.53. The number of nitrogens with one attached hydrogen (secondary N) is 1. The van der Waals surface area contributed by atoms with Crippen molar-refractivity contribution in [2.24, 2.45) is 0 Å². The predicted molar refractivity (Wildman–Crippen MR) is 77.4 cm³/mol. The molecule has 0 aliphatic rings. The molecule has 0 aromatic carbocycles. The van der Waals surface area contributed by atoms with Crippen LogP contribution < -0.4 is 5.69 Å². The Kier molecular flexibility index (Phi) is 5.71. The number of nitrogens with zero attached hydrogens (tertiary/aromatic N) is 1. The number of aromatic nitrogens is 2. The van der Waals surface area contributed by atoms with Gasteiger partial charge in [-0.2, -0.15) is 4.98 Å². The zero-order valence-corrected chi connectivity index (χ0v) is 13.0. The first-order chi connectivity index (χ1) is 9.77. The fourth-order valence-electron chi connectivity index (χ4n) is 1.57. The van der Waals surface area contributed by atoms with Gasteiger partial charge in [0.2, 0.25) is 0 Å². The molecule has 0 bridgehead atoms. The number of ketones is 1. The van der Waals surface area contributed by atoms with Crippen LogP contribution in [0.3, 0.4) is 0 Å². The second kappa shape index (κ2) is 7.07. The number of aryl methyl sites for hydroxylation is 1. The lowest BCUT2D eigenvalue weighted by Crippen LogP contribution is -2.20. The van der Waals surface area contributed by atoms with Gasteiger partial charge in [0.15, 0.2) is 5.78 Å². The molecule has 0 spiro atoms. The first kappa shape index (κ1) is 17.0. The van der Waals surface area contributed by atoms with Gasteiger partial charge in [0.1, 0.15) is 16.3 Å². The lowest BCUT2D eigenvalue weighted by Gasteiger charge is -2.10. The van der Waals surface area contributed by atoms with E-state index >= 15 is 0 Å². The maximum absolute atomic E-state index is 12.0. The third-order valence-electron chi connectivity index (χ3n) is 2.41. The maximum Gasteiger partial charge on any atom is 0.346 e. The predicted octanol–water partition coefficient (Wildman–Crippen LogP) is 1.73. The largest absolute Gasteiger partial charge is 0.511 e. The van der Waals surface area contributed by atoms with Crippen molar-refractivity contribution < 1.29 is 19.4 Å². The molecule has 8 heteroatoms. The van der Waals surface area contributed by atoms with E-state index in [9.17, 15) is 19.5 Å². The van der Waals surface area contributed by atoms with Crippen LogP contribution >= 0.6 is 11.8 Å². The number of aliphatic hydroxyl groups excluding tert-OH is 1. The molecule has 21 heavy (non-hydrogen) atoms. The molecule has 1 aromatic rings. The van der Waals surface area contributed by atoms with E-state index in [-0.39, 0.29) is 33.6 Å². The molecule has 0 radical (unpaired) electrons. The van der Waals surface area contributed by atoms with Crippen LogP contribution in [-0.4, -0.2) is 33.4 Å². The Bertz CT molecular complexity index is 659. The van der Waals surface area contributed by atoms with Gasteiger partial charge in [0, 0.05) is 5.69 Å². The van der Waals surface area contributed by atoms with E-state index in [0.717, 1.165) is 11.8 Å². The van der Waals surface area contributed by atoms with Crippen LogP contribution in [0, 0.1) is 6.92 Å². The Morgan fingerprint density at radius 1 is 1.38 bits per heavy atom. The summed E-state index contributed by atoms with van der Waals surface area (Å²) in [7, 11) is 0. The summed E-state index contributed by atoms with van der Waals surface area (Å²) in [5.74, 6) is -1.25. The summed E-state index contributed by atoms with van der Waals surface area (Å²) < 4.78 is 4.91. The minimum absolute atomic E-state index is 0.0121. The highest BCUT2D eigenvalue weighted by Crippen LogP contribution is 2.30. The van der Waals surface area contributed by atoms with Gasteiger partial charge in [-0.05, 0) is 27.7 Å². The number of thioether (sulfide) groups is 1. The monoisotopic (exact) mass is 312 g/mol. The summed E-state index contributed by atoms with van der Waals surface area (Å²) in [5.41, 5.74) is -0.294. The first-order valence-electron chi connectivity index (χ1n) is 6.14. The van der Waals surface area contributed by atoms with Crippen LogP contribution in [0.1, 0.15) is 36.8 Å². The second-order valence-corrected chi connectivity index (χ2v) is 5.14. The number of rotatable bonds is 5. The van der Waals surface area contributed by atoms with Crippen molar-refractivity contribution in [3.8, 4) is 0 Å². The molecule has 0 saturated carbocycles. The standard InChI is InChI=1S/C13H16N2O5S/c1-5-20-12(18)9-6(2)14-13(19)15-11(9)21-10(7(3)16)8(4)17/h16H,5H2,1-4H3,(H,14,15,19)/b10-7+. The molecular formula is C13H16N2O5S. The molecular weight excluding hydrogens is 296 g/mol. The molecule has 114 valence electrons. The maximum atomic E-state index is 12.0. The lowest BCUT2D eigenvalue weighted by molar-refractivity contribution is -0.113. The highest BCUT2D eigenvalue weighted by atomic mass is 32.2.